The summed E-state index contributed by atoms with van der Waals surface area (Å²) >= 11 is 1.44. The van der Waals surface area contributed by atoms with Gasteiger partial charge in [-0.15, -0.1) is 11.3 Å². The molecule has 3 rings (SSSR count). The van der Waals surface area contributed by atoms with Crippen molar-refractivity contribution in [2.45, 2.75) is 46.3 Å². The molecule has 0 saturated heterocycles. The van der Waals surface area contributed by atoms with Gasteiger partial charge in [-0.3, -0.25) is 4.79 Å². The molecule has 2 aromatic rings. The number of furan rings is 1. The zero-order valence-electron chi connectivity index (χ0n) is 13.9. The number of carbonyl (C=O) groups excluding carboxylic acids is 1. The van der Waals surface area contributed by atoms with E-state index in [9.17, 15) is 4.79 Å². The van der Waals surface area contributed by atoms with Crippen molar-refractivity contribution in [1.82, 2.24) is 10.3 Å². The van der Waals surface area contributed by atoms with Crippen molar-refractivity contribution in [3.05, 3.63) is 39.2 Å². The highest BCUT2D eigenvalue weighted by molar-refractivity contribution is 7.09. The Hall–Kier alpha value is -1.66. The number of thiazole rings is 1. The number of hydrogen-bond acceptors (Lipinski definition) is 5. The van der Waals surface area contributed by atoms with Crippen LogP contribution in [0.3, 0.4) is 0 Å². The molecule has 0 radical (unpaired) electrons. The molecule has 1 aliphatic carbocycles. The Morgan fingerprint density at radius 2 is 2.35 bits per heavy atom. The van der Waals surface area contributed by atoms with E-state index in [4.69, 9.17) is 9.15 Å². The average Bonchev–Trinajstić information content (AvgIpc) is 3.04. The number of fused-ring (bicyclic) bond motifs is 1. The Labute approximate surface area is 140 Å². The number of aromatic nitrogens is 1. The number of aryl methyl sites for hydroxylation is 1. The predicted molar refractivity (Wildman–Crippen MR) is 88.6 cm³/mol. The Balaban J connectivity index is 1.79. The van der Waals surface area contributed by atoms with E-state index in [0.29, 0.717) is 12.3 Å². The first kappa shape index (κ1) is 16.2. The van der Waals surface area contributed by atoms with E-state index in [2.05, 4.69) is 24.1 Å². The molecule has 1 aliphatic rings. The van der Waals surface area contributed by atoms with Gasteiger partial charge in [0, 0.05) is 24.5 Å². The number of nitrogens with one attached hydrogen (secondary N) is 1. The van der Waals surface area contributed by atoms with Gasteiger partial charge in [0.05, 0.1) is 12.6 Å². The van der Waals surface area contributed by atoms with Crippen molar-refractivity contribution < 1.29 is 13.9 Å². The number of carbonyl (C=O) groups is 1. The van der Waals surface area contributed by atoms with Crippen molar-refractivity contribution in [2.24, 2.45) is 5.41 Å². The van der Waals surface area contributed by atoms with E-state index in [1.54, 1.807) is 12.5 Å². The van der Waals surface area contributed by atoms with Crippen LogP contribution in [0.15, 0.2) is 15.9 Å². The maximum atomic E-state index is 12.5. The molecular formula is C17H22N2O3S. The summed E-state index contributed by atoms with van der Waals surface area (Å²) in [7, 11) is 1.62. The normalized spacial score (nSPS) is 19.4. The summed E-state index contributed by atoms with van der Waals surface area (Å²) in [5.41, 5.74) is 1.65. The second kappa shape index (κ2) is 6.09. The van der Waals surface area contributed by atoms with E-state index in [1.165, 1.54) is 11.3 Å². The second-order valence-corrected chi connectivity index (χ2v) is 7.81. The van der Waals surface area contributed by atoms with Crippen molar-refractivity contribution in [3.63, 3.8) is 0 Å². The lowest BCUT2D eigenvalue weighted by molar-refractivity contribution is 0.0912. The molecule has 6 heteroatoms. The molecule has 1 N–H and O–H groups in total. The van der Waals surface area contributed by atoms with Gasteiger partial charge in [0.25, 0.3) is 5.91 Å². The fourth-order valence-electron chi connectivity index (χ4n) is 3.15. The quantitative estimate of drug-likeness (QED) is 0.927. The monoisotopic (exact) mass is 334 g/mol. The largest absolute Gasteiger partial charge is 0.466 e. The third-order valence-electron chi connectivity index (χ3n) is 4.09. The van der Waals surface area contributed by atoms with Crippen molar-refractivity contribution in [3.8, 4) is 0 Å². The Morgan fingerprint density at radius 1 is 1.57 bits per heavy atom. The molecule has 0 aliphatic heterocycles. The minimum Gasteiger partial charge on any atom is -0.466 e. The Bertz CT molecular complexity index is 717. The van der Waals surface area contributed by atoms with Crippen LogP contribution in [-0.2, 0) is 17.8 Å². The maximum Gasteiger partial charge on any atom is 0.271 e. The summed E-state index contributed by atoms with van der Waals surface area (Å²) in [4.78, 5) is 16.8. The lowest BCUT2D eigenvalue weighted by Gasteiger charge is -2.34. The van der Waals surface area contributed by atoms with Crippen molar-refractivity contribution in [2.75, 3.05) is 7.11 Å². The molecule has 1 amide bonds. The molecule has 0 bridgehead atoms. The first-order chi connectivity index (χ1) is 10.9. The summed E-state index contributed by atoms with van der Waals surface area (Å²) < 4.78 is 10.9. The van der Waals surface area contributed by atoms with Crippen LogP contribution in [0.4, 0.5) is 0 Å². The lowest BCUT2D eigenvalue weighted by atomic mass is 9.74. The van der Waals surface area contributed by atoms with Crippen LogP contribution in [0, 0.1) is 12.3 Å². The number of nitrogens with zero attached hydrogens (tertiary/aromatic N) is 1. The van der Waals surface area contributed by atoms with Crippen LogP contribution in [0.2, 0.25) is 0 Å². The molecule has 23 heavy (non-hydrogen) atoms. The molecule has 0 spiro atoms. The molecule has 0 aromatic carbocycles. The van der Waals surface area contributed by atoms with Gasteiger partial charge < -0.3 is 14.5 Å². The molecule has 0 fully saturated rings. The fraction of sp³-hybridized carbons (Fsp3) is 0.529. The molecular weight excluding hydrogens is 312 g/mol. The summed E-state index contributed by atoms with van der Waals surface area (Å²) in [6, 6.07) is 2.00. The first-order valence-corrected chi connectivity index (χ1v) is 8.59. The van der Waals surface area contributed by atoms with Gasteiger partial charge in [-0.2, -0.15) is 0 Å². The molecule has 2 heterocycles. The Kier molecular flexibility index (Phi) is 4.29. The minimum absolute atomic E-state index is 0.0359. The van der Waals surface area contributed by atoms with E-state index in [1.807, 2.05) is 13.0 Å². The molecule has 2 aromatic heterocycles. The van der Waals surface area contributed by atoms with Crippen LogP contribution in [0.1, 0.15) is 58.9 Å². The van der Waals surface area contributed by atoms with E-state index < -0.39 is 0 Å². The highest BCUT2D eigenvalue weighted by Gasteiger charge is 2.35. The number of amides is 1. The topological polar surface area (TPSA) is 64.4 Å². The van der Waals surface area contributed by atoms with E-state index in [-0.39, 0.29) is 17.4 Å². The minimum atomic E-state index is -0.142. The van der Waals surface area contributed by atoms with E-state index >= 15 is 0 Å². The zero-order chi connectivity index (χ0) is 16.6. The third kappa shape index (κ3) is 3.48. The Morgan fingerprint density at radius 3 is 3.09 bits per heavy atom. The zero-order valence-corrected chi connectivity index (χ0v) is 14.8. The van der Waals surface area contributed by atoms with Gasteiger partial charge in [-0.05, 0) is 24.8 Å². The fourth-order valence-corrected chi connectivity index (χ4v) is 3.89. The molecule has 1 atom stereocenters. The predicted octanol–water partition coefficient (Wildman–Crippen LogP) is 3.63. The molecule has 5 nitrogen and oxygen atoms in total. The number of ether oxygens (including phenoxy) is 1. The third-order valence-corrected chi connectivity index (χ3v) is 4.92. The lowest BCUT2D eigenvalue weighted by Crippen LogP contribution is -2.36. The number of rotatable bonds is 4. The number of methoxy groups -OCH3 is 1. The SMILES string of the molecule is COCc1nc(C(=O)NC2CC(C)(C)Cc3oc(C)cc32)cs1. The van der Waals surface area contributed by atoms with Crippen LogP contribution in [-0.4, -0.2) is 18.0 Å². The summed E-state index contributed by atoms with van der Waals surface area (Å²) in [5.74, 6) is 1.74. The molecule has 0 saturated carbocycles. The number of hydrogen-bond donors (Lipinski definition) is 1. The van der Waals surface area contributed by atoms with Gasteiger partial charge in [0.2, 0.25) is 0 Å². The van der Waals surface area contributed by atoms with Crippen LogP contribution >= 0.6 is 11.3 Å². The standard InChI is InChI=1S/C17H22N2O3S/c1-10-5-11-12(6-17(2,3)7-14(11)22-10)19-16(20)13-9-23-15(18-13)8-21-4/h5,9,12H,6-8H2,1-4H3,(H,19,20). The summed E-state index contributed by atoms with van der Waals surface area (Å²) in [6.45, 7) is 6.78. The first-order valence-electron chi connectivity index (χ1n) is 7.71. The van der Waals surface area contributed by atoms with Gasteiger partial charge in [0.15, 0.2) is 0 Å². The van der Waals surface area contributed by atoms with Crippen LogP contribution in [0.5, 0.6) is 0 Å². The maximum absolute atomic E-state index is 12.5. The van der Waals surface area contributed by atoms with Gasteiger partial charge in [-0.25, -0.2) is 4.98 Å². The van der Waals surface area contributed by atoms with Gasteiger partial charge in [-0.1, -0.05) is 13.8 Å². The highest BCUT2D eigenvalue weighted by Crippen LogP contribution is 2.42. The van der Waals surface area contributed by atoms with Gasteiger partial charge in [0.1, 0.15) is 22.2 Å². The van der Waals surface area contributed by atoms with Gasteiger partial charge >= 0.3 is 0 Å². The summed E-state index contributed by atoms with van der Waals surface area (Å²) in [5, 5.41) is 5.70. The summed E-state index contributed by atoms with van der Waals surface area (Å²) in [6.07, 6.45) is 1.79. The van der Waals surface area contributed by atoms with Crippen molar-refractivity contribution in [1.29, 1.82) is 0 Å². The smallest absolute Gasteiger partial charge is 0.271 e. The second-order valence-electron chi connectivity index (χ2n) is 6.87. The van der Waals surface area contributed by atoms with Crippen LogP contribution < -0.4 is 5.32 Å². The molecule has 124 valence electrons. The van der Waals surface area contributed by atoms with Crippen LogP contribution in [0.25, 0.3) is 0 Å². The van der Waals surface area contributed by atoms with Crippen molar-refractivity contribution >= 4 is 17.2 Å². The van der Waals surface area contributed by atoms with E-state index in [0.717, 1.165) is 34.9 Å². The highest BCUT2D eigenvalue weighted by atomic mass is 32.1. The average molecular weight is 334 g/mol. The molecule has 1 unspecified atom stereocenters.